The van der Waals surface area contributed by atoms with Crippen LogP contribution in [0.3, 0.4) is 0 Å². The van der Waals surface area contributed by atoms with Gasteiger partial charge in [-0.25, -0.2) is 4.79 Å². The fourth-order valence-electron chi connectivity index (χ4n) is 2.19. The zero-order valence-electron chi connectivity index (χ0n) is 11.4. The maximum atomic E-state index is 12.3. The van der Waals surface area contributed by atoms with Crippen LogP contribution in [0.15, 0.2) is 51.7 Å². The van der Waals surface area contributed by atoms with Crippen LogP contribution in [-0.2, 0) is 6.42 Å². The van der Waals surface area contributed by atoms with Crippen molar-refractivity contribution in [2.75, 3.05) is 7.11 Å². The molecule has 3 aromatic rings. The molecule has 5 nitrogen and oxygen atoms in total. The second-order valence-electron chi connectivity index (χ2n) is 4.68. The molecular weight excluding hydrogens is 270 g/mol. The van der Waals surface area contributed by atoms with Gasteiger partial charge in [-0.05, 0) is 35.9 Å². The number of carbonyl (C=O) groups excluding carboxylic acids is 1. The fourth-order valence-corrected chi connectivity index (χ4v) is 2.19. The van der Waals surface area contributed by atoms with Crippen molar-refractivity contribution in [3.05, 3.63) is 64.1 Å². The highest BCUT2D eigenvalue weighted by Crippen LogP contribution is 2.17. The third-order valence-electron chi connectivity index (χ3n) is 3.24. The summed E-state index contributed by atoms with van der Waals surface area (Å²) in [5.41, 5.74) is 2.34. The van der Waals surface area contributed by atoms with Gasteiger partial charge in [0.1, 0.15) is 5.75 Å². The number of hydrogen-bond acceptors (Lipinski definition) is 4. The molecule has 0 fully saturated rings. The summed E-state index contributed by atoms with van der Waals surface area (Å²) in [6, 6.07) is 12.3. The Morgan fingerprint density at radius 1 is 1.24 bits per heavy atom. The topological polar surface area (TPSA) is 72.3 Å². The second kappa shape index (κ2) is 5.28. The first-order valence-corrected chi connectivity index (χ1v) is 6.45. The lowest BCUT2D eigenvalue weighted by Crippen LogP contribution is -2.03. The maximum absolute atomic E-state index is 12.3. The SMILES string of the molecule is COc1cccc(CC(=O)c2ccc3[nH]c(=O)oc3c2)c1. The van der Waals surface area contributed by atoms with Crippen LogP contribution >= 0.6 is 0 Å². The highest BCUT2D eigenvalue weighted by Gasteiger charge is 2.10. The quantitative estimate of drug-likeness (QED) is 0.747. The zero-order valence-corrected chi connectivity index (χ0v) is 11.4. The number of oxazole rings is 1. The minimum Gasteiger partial charge on any atom is -0.497 e. The Kier molecular flexibility index (Phi) is 3.31. The van der Waals surface area contributed by atoms with Gasteiger partial charge in [0, 0.05) is 12.0 Å². The van der Waals surface area contributed by atoms with E-state index in [1.165, 1.54) is 0 Å². The zero-order chi connectivity index (χ0) is 14.8. The largest absolute Gasteiger partial charge is 0.497 e. The van der Waals surface area contributed by atoms with Crippen molar-refractivity contribution in [1.29, 1.82) is 0 Å². The molecule has 21 heavy (non-hydrogen) atoms. The van der Waals surface area contributed by atoms with Gasteiger partial charge >= 0.3 is 5.76 Å². The number of benzene rings is 2. The summed E-state index contributed by atoms with van der Waals surface area (Å²) in [7, 11) is 1.59. The van der Waals surface area contributed by atoms with E-state index in [0.717, 1.165) is 5.56 Å². The van der Waals surface area contributed by atoms with Crippen LogP contribution in [0.1, 0.15) is 15.9 Å². The average molecular weight is 283 g/mol. The normalized spacial score (nSPS) is 10.7. The molecule has 0 aliphatic heterocycles. The number of fused-ring (bicyclic) bond motifs is 1. The number of ketones is 1. The van der Waals surface area contributed by atoms with Gasteiger partial charge in [0.2, 0.25) is 0 Å². The summed E-state index contributed by atoms with van der Waals surface area (Å²) in [5, 5.41) is 0. The molecule has 0 saturated heterocycles. The van der Waals surface area contributed by atoms with Crippen LogP contribution < -0.4 is 10.5 Å². The van der Waals surface area contributed by atoms with E-state index in [2.05, 4.69) is 4.98 Å². The van der Waals surface area contributed by atoms with Gasteiger partial charge in [-0.2, -0.15) is 0 Å². The van der Waals surface area contributed by atoms with Crippen molar-refractivity contribution in [1.82, 2.24) is 4.98 Å². The van der Waals surface area contributed by atoms with Crippen LogP contribution in [0.5, 0.6) is 5.75 Å². The molecule has 0 aliphatic carbocycles. The summed E-state index contributed by atoms with van der Waals surface area (Å²) < 4.78 is 10.1. The average Bonchev–Trinajstić information content (AvgIpc) is 2.86. The first kappa shape index (κ1) is 13.2. The molecule has 0 radical (unpaired) electrons. The molecule has 0 saturated carbocycles. The molecule has 0 atom stereocenters. The third-order valence-corrected chi connectivity index (χ3v) is 3.24. The summed E-state index contributed by atoms with van der Waals surface area (Å²) >= 11 is 0. The van der Waals surface area contributed by atoms with Crippen LogP contribution in [-0.4, -0.2) is 17.9 Å². The highest BCUT2D eigenvalue weighted by atomic mass is 16.5. The van der Waals surface area contributed by atoms with E-state index in [1.54, 1.807) is 25.3 Å². The number of Topliss-reactive ketones (excluding diaryl/α,β-unsaturated/α-hetero) is 1. The predicted octanol–water partition coefficient (Wildman–Crippen LogP) is 2.56. The molecule has 3 rings (SSSR count). The van der Waals surface area contributed by atoms with Gasteiger partial charge in [0.25, 0.3) is 0 Å². The Bertz CT molecular complexity index is 860. The molecule has 1 N–H and O–H groups in total. The lowest BCUT2D eigenvalue weighted by atomic mass is 10.0. The van der Waals surface area contributed by atoms with E-state index in [4.69, 9.17) is 9.15 Å². The van der Waals surface area contributed by atoms with Crippen molar-refractivity contribution in [3.63, 3.8) is 0 Å². The number of aromatic amines is 1. The number of nitrogens with one attached hydrogen (secondary N) is 1. The second-order valence-corrected chi connectivity index (χ2v) is 4.68. The molecule has 1 heterocycles. The summed E-state index contributed by atoms with van der Waals surface area (Å²) in [6.45, 7) is 0. The fraction of sp³-hybridized carbons (Fsp3) is 0.125. The molecule has 0 unspecified atom stereocenters. The Balaban J connectivity index is 1.87. The first-order chi connectivity index (χ1) is 10.2. The first-order valence-electron chi connectivity index (χ1n) is 6.45. The number of H-pyrrole nitrogens is 1. The van der Waals surface area contributed by atoms with Gasteiger partial charge in [0.15, 0.2) is 11.4 Å². The van der Waals surface area contributed by atoms with Crippen LogP contribution in [0.2, 0.25) is 0 Å². The van der Waals surface area contributed by atoms with Gasteiger partial charge < -0.3 is 9.15 Å². The lowest BCUT2D eigenvalue weighted by molar-refractivity contribution is 0.0993. The third kappa shape index (κ3) is 2.72. The molecule has 0 aliphatic rings. The van der Waals surface area contributed by atoms with Crippen molar-refractivity contribution >= 4 is 16.9 Å². The summed E-state index contributed by atoms with van der Waals surface area (Å²) in [5.74, 6) is 0.142. The highest BCUT2D eigenvalue weighted by molar-refractivity contribution is 5.99. The van der Waals surface area contributed by atoms with Crippen LogP contribution in [0.4, 0.5) is 0 Å². The number of rotatable bonds is 4. The Morgan fingerprint density at radius 3 is 2.90 bits per heavy atom. The monoisotopic (exact) mass is 283 g/mol. The molecule has 106 valence electrons. The molecule has 0 bridgehead atoms. The minimum atomic E-state index is -0.526. The number of methoxy groups -OCH3 is 1. The van der Waals surface area contributed by atoms with Gasteiger partial charge in [-0.3, -0.25) is 9.78 Å². The number of aromatic nitrogens is 1. The lowest BCUT2D eigenvalue weighted by Gasteiger charge is -2.04. The van der Waals surface area contributed by atoms with E-state index >= 15 is 0 Å². The molecule has 1 aromatic heterocycles. The van der Waals surface area contributed by atoms with Crippen molar-refractivity contribution < 1.29 is 13.9 Å². The Morgan fingerprint density at radius 2 is 2.10 bits per heavy atom. The summed E-state index contributed by atoms with van der Waals surface area (Å²) in [4.78, 5) is 25.9. The molecule has 2 aromatic carbocycles. The molecule has 5 heteroatoms. The van der Waals surface area contributed by atoms with Gasteiger partial charge in [0.05, 0.1) is 12.6 Å². The van der Waals surface area contributed by atoms with E-state index in [9.17, 15) is 9.59 Å². The number of carbonyl (C=O) groups is 1. The van der Waals surface area contributed by atoms with E-state index < -0.39 is 5.76 Å². The van der Waals surface area contributed by atoms with Crippen LogP contribution in [0.25, 0.3) is 11.1 Å². The van der Waals surface area contributed by atoms with Crippen molar-refractivity contribution in [2.45, 2.75) is 6.42 Å². The van der Waals surface area contributed by atoms with Crippen molar-refractivity contribution in [2.24, 2.45) is 0 Å². The van der Waals surface area contributed by atoms with Gasteiger partial charge in [-0.15, -0.1) is 0 Å². The van der Waals surface area contributed by atoms with E-state index in [0.29, 0.717) is 22.4 Å². The molecule has 0 amide bonds. The van der Waals surface area contributed by atoms with Crippen LogP contribution in [0, 0.1) is 0 Å². The van der Waals surface area contributed by atoms with Gasteiger partial charge in [-0.1, -0.05) is 12.1 Å². The van der Waals surface area contributed by atoms with E-state index in [1.807, 2.05) is 24.3 Å². The van der Waals surface area contributed by atoms with Crippen molar-refractivity contribution in [3.8, 4) is 5.75 Å². The number of ether oxygens (including phenoxy) is 1. The smallest absolute Gasteiger partial charge is 0.417 e. The minimum absolute atomic E-state index is 0.0472. The maximum Gasteiger partial charge on any atom is 0.417 e. The Labute approximate surface area is 120 Å². The Hall–Kier alpha value is -2.82. The predicted molar refractivity (Wildman–Crippen MR) is 77.9 cm³/mol. The molecular formula is C16H13NO4. The summed E-state index contributed by atoms with van der Waals surface area (Å²) in [6.07, 6.45) is 0.261. The number of hydrogen-bond donors (Lipinski definition) is 1. The molecule has 0 spiro atoms. The van der Waals surface area contributed by atoms with E-state index in [-0.39, 0.29) is 12.2 Å². The standard InChI is InChI=1S/C16H13NO4/c1-20-12-4-2-3-10(7-12)8-14(18)11-5-6-13-15(9-11)21-16(19)17-13/h2-7,9H,8H2,1H3,(H,17,19).